The van der Waals surface area contributed by atoms with Crippen LogP contribution in [0.4, 0.5) is 13.2 Å². The number of aryl methyl sites for hydroxylation is 3. The summed E-state index contributed by atoms with van der Waals surface area (Å²) in [4.78, 5) is 27.6. The molecule has 0 aromatic carbocycles. The molecule has 0 unspecified atom stereocenters. The van der Waals surface area contributed by atoms with Crippen LogP contribution in [0.1, 0.15) is 67.1 Å². The Morgan fingerprint density at radius 1 is 1.14 bits per heavy atom. The molecular weight excluding hydrogens is 481 g/mol. The number of alkyl halides is 3. The fraction of sp³-hybridized carbons (Fsp3) is 0.667. The van der Waals surface area contributed by atoms with Gasteiger partial charge in [0.05, 0.1) is 6.42 Å². The first-order chi connectivity index (χ1) is 17.6. The predicted octanol–water partition coefficient (Wildman–Crippen LogP) is 4.45. The molecule has 4 rings (SSSR count). The smallest absolute Gasteiger partial charge is 0.303 e. The fourth-order valence-corrected chi connectivity index (χ4v) is 5.27. The van der Waals surface area contributed by atoms with E-state index in [-0.39, 0.29) is 18.7 Å². The Bertz CT molecular complexity index is 1070. The van der Waals surface area contributed by atoms with E-state index in [1.807, 2.05) is 26.3 Å². The number of carbonyl (C=O) groups excluding carboxylic acids is 1. The van der Waals surface area contributed by atoms with E-state index in [1.54, 1.807) is 10.7 Å². The number of hydrogen-bond acceptors (Lipinski definition) is 5. The Morgan fingerprint density at radius 2 is 1.89 bits per heavy atom. The fourth-order valence-electron chi connectivity index (χ4n) is 5.27. The van der Waals surface area contributed by atoms with Gasteiger partial charge < -0.3 is 4.90 Å². The lowest BCUT2D eigenvalue weighted by Crippen LogP contribution is -2.29. The molecular formula is C27H37F3N6O. The van der Waals surface area contributed by atoms with Crippen molar-refractivity contribution in [3.63, 3.8) is 0 Å². The highest BCUT2D eigenvalue weighted by molar-refractivity contribution is 5.86. The van der Waals surface area contributed by atoms with E-state index in [0.717, 1.165) is 76.1 Å². The molecule has 0 radical (unpaired) electrons. The molecule has 0 N–H and O–H groups in total. The van der Waals surface area contributed by atoms with Gasteiger partial charge in [-0.1, -0.05) is 6.07 Å². The number of carbonyl (C=O) groups is 1. The molecule has 0 saturated heterocycles. The molecule has 3 heterocycles. The van der Waals surface area contributed by atoms with E-state index in [0.29, 0.717) is 23.4 Å². The van der Waals surface area contributed by atoms with Crippen molar-refractivity contribution < 1.29 is 18.0 Å². The molecule has 202 valence electrons. The minimum absolute atomic E-state index is 0.0524. The van der Waals surface area contributed by atoms with E-state index in [2.05, 4.69) is 25.0 Å². The van der Waals surface area contributed by atoms with Crippen molar-refractivity contribution in [2.75, 3.05) is 19.6 Å². The molecule has 1 fully saturated rings. The number of halogens is 3. The van der Waals surface area contributed by atoms with Crippen molar-refractivity contribution >= 4 is 12.1 Å². The lowest BCUT2D eigenvalue weighted by molar-refractivity contribution is -0.134. The van der Waals surface area contributed by atoms with E-state index in [1.165, 1.54) is 5.56 Å². The van der Waals surface area contributed by atoms with Gasteiger partial charge in [-0.3, -0.25) is 14.5 Å². The van der Waals surface area contributed by atoms with Crippen LogP contribution in [0.2, 0.25) is 0 Å². The van der Waals surface area contributed by atoms with Gasteiger partial charge >= 0.3 is 6.18 Å². The van der Waals surface area contributed by atoms with Crippen molar-refractivity contribution in [3.05, 3.63) is 40.7 Å². The number of aliphatic imine (C=N–C) groups is 1. The molecule has 2 aromatic rings. The average molecular weight is 519 g/mol. The van der Waals surface area contributed by atoms with Crippen LogP contribution in [0.5, 0.6) is 0 Å². The van der Waals surface area contributed by atoms with Gasteiger partial charge in [0.1, 0.15) is 5.82 Å². The zero-order valence-electron chi connectivity index (χ0n) is 21.8. The topological polar surface area (TPSA) is 76.3 Å². The van der Waals surface area contributed by atoms with Crippen LogP contribution in [-0.2, 0) is 37.5 Å². The van der Waals surface area contributed by atoms with Gasteiger partial charge in [-0.15, -0.1) is 0 Å². The second kappa shape index (κ2) is 12.3. The van der Waals surface area contributed by atoms with Crippen molar-refractivity contribution in [2.24, 2.45) is 23.9 Å². The minimum Gasteiger partial charge on any atom is -0.303 e. The number of aromatic nitrogens is 4. The largest absolute Gasteiger partial charge is 0.389 e. The summed E-state index contributed by atoms with van der Waals surface area (Å²) in [5.74, 6) is 2.13. The molecule has 7 nitrogen and oxygen atoms in total. The van der Waals surface area contributed by atoms with Gasteiger partial charge in [-0.25, -0.2) is 9.98 Å². The first kappa shape index (κ1) is 27.4. The Labute approximate surface area is 216 Å². The van der Waals surface area contributed by atoms with Crippen molar-refractivity contribution in [1.82, 2.24) is 24.6 Å². The molecule has 10 heteroatoms. The third-order valence-corrected chi connectivity index (χ3v) is 7.66. The third-order valence-electron chi connectivity index (χ3n) is 7.66. The van der Waals surface area contributed by atoms with Gasteiger partial charge in [-0.05, 0) is 81.9 Å². The third kappa shape index (κ3) is 8.45. The number of fused-ring (bicyclic) bond motifs is 1. The van der Waals surface area contributed by atoms with Gasteiger partial charge in [-0.2, -0.15) is 18.3 Å². The SMILES string of the molecule is Cc1nc(CC(=O)/N=C\C2CCC(CCN3CCc4ccc(CCC(F)(F)F)nc4CC3)CC2)nn1C. The molecule has 0 spiro atoms. The van der Waals surface area contributed by atoms with Gasteiger partial charge in [0.2, 0.25) is 0 Å². The lowest BCUT2D eigenvalue weighted by Gasteiger charge is -2.28. The first-order valence-corrected chi connectivity index (χ1v) is 13.3. The number of rotatable bonds is 8. The maximum absolute atomic E-state index is 12.6. The van der Waals surface area contributed by atoms with E-state index in [9.17, 15) is 18.0 Å². The van der Waals surface area contributed by atoms with E-state index >= 15 is 0 Å². The van der Waals surface area contributed by atoms with E-state index in [4.69, 9.17) is 0 Å². The Balaban J connectivity index is 1.16. The maximum Gasteiger partial charge on any atom is 0.389 e. The minimum atomic E-state index is -4.15. The summed E-state index contributed by atoms with van der Waals surface area (Å²) in [7, 11) is 1.81. The Hall–Kier alpha value is -2.62. The quantitative estimate of drug-likeness (QED) is 0.483. The predicted molar refractivity (Wildman–Crippen MR) is 135 cm³/mol. The van der Waals surface area contributed by atoms with Crippen LogP contribution < -0.4 is 0 Å². The van der Waals surface area contributed by atoms with Crippen molar-refractivity contribution in [2.45, 2.75) is 77.3 Å². The monoisotopic (exact) mass is 518 g/mol. The number of amides is 1. The van der Waals surface area contributed by atoms with Crippen LogP contribution in [0.25, 0.3) is 0 Å². The van der Waals surface area contributed by atoms with Gasteiger partial charge in [0.15, 0.2) is 5.82 Å². The molecule has 1 amide bonds. The number of pyridine rings is 1. The normalized spacial score (nSPS) is 21.2. The van der Waals surface area contributed by atoms with Crippen LogP contribution in [-0.4, -0.2) is 62.6 Å². The number of nitrogens with zero attached hydrogens (tertiary/aromatic N) is 6. The van der Waals surface area contributed by atoms with Crippen LogP contribution >= 0.6 is 0 Å². The summed E-state index contributed by atoms with van der Waals surface area (Å²) in [5.41, 5.74) is 2.67. The molecule has 0 atom stereocenters. The molecule has 1 saturated carbocycles. The molecule has 37 heavy (non-hydrogen) atoms. The van der Waals surface area contributed by atoms with Gasteiger partial charge in [0, 0.05) is 50.6 Å². The van der Waals surface area contributed by atoms with Crippen LogP contribution in [0.3, 0.4) is 0 Å². The standard InChI is InChI=1S/C27H37F3N6O/c1-19-32-25(34-35(19)2)17-26(37)31-18-21-5-3-20(4-6-21)10-14-36-15-11-22-7-8-23(9-13-27(28,29)30)33-24(22)12-16-36/h7-8,18,20-21H,3-6,9-17H2,1-2H3/b31-18-. The summed E-state index contributed by atoms with van der Waals surface area (Å²) in [5, 5.41) is 4.22. The van der Waals surface area contributed by atoms with Crippen molar-refractivity contribution in [3.8, 4) is 0 Å². The molecule has 2 aliphatic rings. The summed E-state index contributed by atoms with van der Waals surface area (Å²) >= 11 is 0. The van der Waals surface area contributed by atoms with Crippen LogP contribution in [0, 0.1) is 18.8 Å². The van der Waals surface area contributed by atoms with Crippen LogP contribution in [0.15, 0.2) is 17.1 Å². The highest BCUT2D eigenvalue weighted by atomic mass is 19.4. The summed E-state index contributed by atoms with van der Waals surface area (Å²) in [6.07, 6.45) is 4.17. The second-order valence-electron chi connectivity index (χ2n) is 10.5. The second-order valence-corrected chi connectivity index (χ2v) is 10.5. The van der Waals surface area contributed by atoms with E-state index < -0.39 is 12.6 Å². The zero-order chi connectivity index (χ0) is 26.4. The Morgan fingerprint density at radius 3 is 2.59 bits per heavy atom. The highest BCUT2D eigenvalue weighted by Gasteiger charge is 2.27. The summed E-state index contributed by atoms with van der Waals surface area (Å²) < 4.78 is 39.3. The summed E-state index contributed by atoms with van der Waals surface area (Å²) in [6.45, 7) is 4.75. The molecule has 2 aromatic heterocycles. The average Bonchev–Trinajstić information content (AvgIpc) is 3.04. The zero-order valence-corrected chi connectivity index (χ0v) is 21.8. The van der Waals surface area contributed by atoms with Crippen molar-refractivity contribution in [1.29, 1.82) is 0 Å². The number of hydrogen-bond donors (Lipinski definition) is 0. The Kier molecular flexibility index (Phi) is 9.10. The molecule has 0 bridgehead atoms. The summed E-state index contributed by atoms with van der Waals surface area (Å²) in [6, 6.07) is 3.73. The maximum atomic E-state index is 12.6. The highest BCUT2D eigenvalue weighted by Crippen LogP contribution is 2.30. The van der Waals surface area contributed by atoms with Gasteiger partial charge in [0.25, 0.3) is 5.91 Å². The first-order valence-electron chi connectivity index (χ1n) is 13.3. The molecule has 1 aliphatic carbocycles. The lowest BCUT2D eigenvalue weighted by atomic mass is 9.81. The molecule has 1 aliphatic heterocycles.